The van der Waals surface area contributed by atoms with Gasteiger partial charge in [0.15, 0.2) is 12.2 Å². The van der Waals surface area contributed by atoms with Crippen LogP contribution in [-0.2, 0) is 5.41 Å². The number of hydrogen-bond donors (Lipinski definition) is 0. The number of rotatable bonds is 2. The number of aryl methyl sites for hydroxylation is 1. The van der Waals surface area contributed by atoms with Crippen molar-refractivity contribution in [3.8, 4) is 0 Å². The molecule has 5 heterocycles. The maximum Gasteiger partial charge on any atom is 0.246 e. The molecule has 3 aromatic heterocycles. The Morgan fingerprint density at radius 1 is 1.00 bits per heavy atom. The molecule has 0 spiro atoms. The smallest absolute Gasteiger partial charge is 0.246 e. The van der Waals surface area contributed by atoms with Gasteiger partial charge in [-0.1, -0.05) is 35.6 Å². The molecule has 0 radical (unpaired) electrons. The molecule has 1 aliphatic carbocycles. The van der Waals surface area contributed by atoms with Crippen LogP contribution in [0, 0.1) is 6.92 Å². The Balaban J connectivity index is 0.00000160. The Kier molecular flexibility index (Phi) is 3.65. The van der Waals surface area contributed by atoms with Crippen LogP contribution in [0.5, 0.6) is 0 Å². The molecule has 0 N–H and O–H groups in total. The van der Waals surface area contributed by atoms with E-state index in [-0.39, 0.29) is 23.7 Å². The molecular weight excluding hydrogens is 378 g/mol. The predicted molar refractivity (Wildman–Crippen MR) is 98.5 cm³/mol. The number of hydrogen-bond acceptors (Lipinski definition) is 3. The summed E-state index contributed by atoms with van der Waals surface area (Å²) in [6.45, 7) is 2.21. The molecule has 2 unspecified atom stereocenters. The average molecular weight is 396 g/mol. The van der Waals surface area contributed by atoms with Crippen molar-refractivity contribution in [3.05, 3.63) is 99.8 Å². The molecule has 2 bridgehead atoms. The number of fused-ring (bicyclic) bond motifs is 1. The first kappa shape index (κ1) is 16.8. The lowest BCUT2D eigenvalue weighted by molar-refractivity contribution is -0.727. The molecule has 0 fully saturated rings. The molecule has 7 rings (SSSR count). The summed E-state index contributed by atoms with van der Waals surface area (Å²) in [4.78, 5) is 1.36. The summed E-state index contributed by atoms with van der Waals surface area (Å²) in [5.41, 5.74) is 5.21. The summed E-state index contributed by atoms with van der Waals surface area (Å²) in [6, 6.07) is 13.5. The van der Waals surface area contributed by atoms with Crippen molar-refractivity contribution in [1.82, 2.24) is 0 Å². The van der Waals surface area contributed by atoms with Gasteiger partial charge in [-0.05, 0) is 24.6 Å². The fourth-order valence-electron chi connectivity index (χ4n) is 5.19. The van der Waals surface area contributed by atoms with Gasteiger partial charge < -0.3 is 21.2 Å². The molecule has 0 amide bonds. The molecule has 27 heavy (non-hydrogen) atoms. The van der Waals surface area contributed by atoms with Crippen molar-refractivity contribution in [3.63, 3.8) is 0 Å². The third-order valence-electron chi connectivity index (χ3n) is 6.17. The van der Waals surface area contributed by atoms with Gasteiger partial charge in [0.25, 0.3) is 0 Å². The quantitative estimate of drug-likeness (QED) is 0.486. The summed E-state index contributed by atoms with van der Waals surface area (Å²) in [5.74, 6) is 0.262. The van der Waals surface area contributed by atoms with Gasteiger partial charge in [-0.25, -0.2) is 0 Å². The lowest BCUT2D eigenvalue weighted by atomic mass is 9.55. The summed E-state index contributed by atoms with van der Waals surface area (Å²) in [5, 5.41) is 1.43. The van der Waals surface area contributed by atoms with Crippen LogP contribution in [0.15, 0.2) is 76.5 Å². The van der Waals surface area contributed by atoms with Gasteiger partial charge in [0.1, 0.15) is 0 Å². The van der Waals surface area contributed by atoms with Gasteiger partial charge >= 0.3 is 0 Å². The third-order valence-corrected chi connectivity index (χ3v) is 7.25. The number of furan rings is 2. The number of aromatic nitrogens is 1. The standard InChI is InChI=1S/C22H18NO2S.ClH/c1-14-11-23-19-10-22(15-6-8-24-12-15,16-7-9-25-13-16)20(21(23)26-14)18-5-3-2-4-17(18)19;/h2-9,11-13,19-20H,10H2,1H3;1H/q+1;/p-1. The Labute approximate surface area is 167 Å². The second-order valence-electron chi connectivity index (χ2n) is 7.36. The largest absolute Gasteiger partial charge is 1.00 e. The molecule has 1 aromatic carbocycles. The predicted octanol–water partition coefficient (Wildman–Crippen LogP) is 1.96. The maximum absolute atomic E-state index is 5.55. The van der Waals surface area contributed by atoms with E-state index in [0.29, 0.717) is 6.04 Å². The molecule has 5 heteroatoms. The molecule has 2 atom stereocenters. The first-order valence-electron chi connectivity index (χ1n) is 8.94. The van der Waals surface area contributed by atoms with Gasteiger partial charge in [0, 0.05) is 23.1 Å². The maximum atomic E-state index is 5.55. The molecule has 0 saturated heterocycles. The van der Waals surface area contributed by atoms with Gasteiger partial charge in [-0.15, -0.1) is 0 Å². The van der Waals surface area contributed by atoms with Crippen LogP contribution in [0.2, 0.25) is 0 Å². The van der Waals surface area contributed by atoms with E-state index in [1.54, 1.807) is 12.5 Å². The van der Waals surface area contributed by atoms with Crippen molar-refractivity contribution in [1.29, 1.82) is 0 Å². The lowest BCUT2D eigenvalue weighted by Crippen LogP contribution is -3.00. The first-order valence-corrected chi connectivity index (χ1v) is 9.76. The highest BCUT2D eigenvalue weighted by Crippen LogP contribution is 2.60. The molecular formula is C22H18ClNO2S. The molecule has 4 aromatic rings. The van der Waals surface area contributed by atoms with Crippen LogP contribution >= 0.6 is 11.3 Å². The van der Waals surface area contributed by atoms with E-state index in [1.807, 2.05) is 23.9 Å². The monoisotopic (exact) mass is 395 g/mol. The molecule has 136 valence electrons. The topological polar surface area (TPSA) is 30.2 Å². The normalized spacial score (nSPS) is 21.4. The highest BCUT2D eigenvalue weighted by atomic mass is 35.5. The molecule has 3 aliphatic rings. The van der Waals surface area contributed by atoms with Crippen LogP contribution < -0.4 is 17.0 Å². The minimum atomic E-state index is -0.156. The molecule has 0 saturated carbocycles. The van der Waals surface area contributed by atoms with Crippen LogP contribution in [-0.4, -0.2) is 0 Å². The van der Waals surface area contributed by atoms with Crippen molar-refractivity contribution in [2.45, 2.75) is 30.7 Å². The van der Waals surface area contributed by atoms with Gasteiger partial charge in [-0.3, -0.25) is 0 Å². The fraction of sp³-hybridized carbons (Fsp3) is 0.227. The SMILES string of the molecule is Cc1c[n+]2c(s1)C1c3ccccc3C2CC1(c1ccoc1)c1ccoc1.[Cl-]. The van der Waals surface area contributed by atoms with Gasteiger partial charge in [0.2, 0.25) is 5.01 Å². The van der Waals surface area contributed by atoms with Crippen LogP contribution in [0.4, 0.5) is 0 Å². The average Bonchev–Trinajstić information content (AvgIpc) is 3.42. The van der Waals surface area contributed by atoms with E-state index in [4.69, 9.17) is 8.83 Å². The summed E-state index contributed by atoms with van der Waals surface area (Å²) >= 11 is 1.92. The second kappa shape index (κ2) is 5.85. The Hall–Kier alpha value is -2.30. The van der Waals surface area contributed by atoms with Crippen LogP contribution in [0.1, 0.15) is 50.5 Å². The highest BCUT2D eigenvalue weighted by molar-refractivity contribution is 7.11. The minimum Gasteiger partial charge on any atom is -1.00 e. The van der Waals surface area contributed by atoms with Crippen LogP contribution in [0.25, 0.3) is 0 Å². The Morgan fingerprint density at radius 3 is 2.30 bits per heavy atom. The lowest BCUT2D eigenvalue weighted by Gasteiger charge is -2.47. The highest BCUT2D eigenvalue weighted by Gasteiger charge is 2.61. The van der Waals surface area contributed by atoms with E-state index in [0.717, 1.165) is 6.42 Å². The van der Waals surface area contributed by atoms with Gasteiger partial charge in [-0.2, -0.15) is 4.57 Å². The fourth-order valence-corrected chi connectivity index (χ4v) is 6.42. The van der Waals surface area contributed by atoms with Crippen molar-refractivity contribution in [2.24, 2.45) is 0 Å². The molecule has 2 aliphatic heterocycles. The van der Waals surface area contributed by atoms with E-state index in [1.165, 1.54) is 32.1 Å². The number of nitrogens with zero attached hydrogens (tertiary/aromatic N) is 1. The summed E-state index contributed by atoms with van der Waals surface area (Å²) < 4.78 is 13.6. The number of thiazole rings is 1. The minimum absolute atomic E-state index is 0. The van der Waals surface area contributed by atoms with E-state index in [2.05, 4.69) is 54.1 Å². The van der Waals surface area contributed by atoms with Crippen molar-refractivity contribution in [2.75, 3.05) is 0 Å². The Bertz CT molecular complexity index is 1060. The van der Waals surface area contributed by atoms with E-state index in [9.17, 15) is 0 Å². The number of halogens is 1. The zero-order chi connectivity index (χ0) is 17.3. The third kappa shape index (κ3) is 2.05. The first-order chi connectivity index (χ1) is 12.8. The number of benzene rings is 1. The molecule has 3 nitrogen and oxygen atoms in total. The zero-order valence-electron chi connectivity index (χ0n) is 14.8. The van der Waals surface area contributed by atoms with Crippen molar-refractivity contribution >= 4 is 11.3 Å². The summed E-state index contributed by atoms with van der Waals surface area (Å²) in [6.07, 6.45) is 10.8. The zero-order valence-corrected chi connectivity index (χ0v) is 16.3. The van der Waals surface area contributed by atoms with Crippen molar-refractivity contribution < 1.29 is 25.8 Å². The Morgan fingerprint density at radius 2 is 1.67 bits per heavy atom. The summed E-state index contributed by atoms with van der Waals surface area (Å²) in [7, 11) is 0. The van der Waals surface area contributed by atoms with Gasteiger partial charge in [0.05, 0.1) is 41.3 Å². The van der Waals surface area contributed by atoms with E-state index >= 15 is 0 Å². The van der Waals surface area contributed by atoms with Crippen LogP contribution in [0.3, 0.4) is 0 Å². The van der Waals surface area contributed by atoms with E-state index < -0.39 is 0 Å². The second-order valence-corrected chi connectivity index (χ2v) is 8.63.